The number of nitro benzene ring substituents is 2. The molecule has 0 spiro atoms. The number of ketones is 2. The fourth-order valence-electron chi connectivity index (χ4n) is 3.11. The van der Waals surface area contributed by atoms with Crippen LogP contribution in [-0.4, -0.2) is 39.6 Å². The van der Waals surface area contributed by atoms with Gasteiger partial charge in [-0.05, 0) is 19.1 Å². The van der Waals surface area contributed by atoms with Gasteiger partial charge in [0.05, 0.1) is 21.6 Å². The highest BCUT2D eigenvalue weighted by Gasteiger charge is 2.25. The van der Waals surface area contributed by atoms with Gasteiger partial charge in [-0.2, -0.15) is 0 Å². The van der Waals surface area contributed by atoms with E-state index in [0.717, 1.165) is 18.2 Å². The summed E-state index contributed by atoms with van der Waals surface area (Å²) in [5, 5.41) is 39.9. The number of hydrogen-bond acceptors (Lipinski definition) is 10. The van der Waals surface area contributed by atoms with Gasteiger partial charge in [0.1, 0.15) is 17.2 Å². The number of nitrogens with zero attached hydrogens (tertiary/aromatic N) is 5. The summed E-state index contributed by atoms with van der Waals surface area (Å²) in [5.74, 6) is -0.487. The summed E-state index contributed by atoms with van der Waals surface area (Å²) in [4.78, 5) is 45.9. The van der Waals surface area contributed by atoms with E-state index < -0.39 is 21.2 Å². The summed E-state index contributed by atoms with van der Waals surface area (Å²) in [6.45, 7) is 2.27. The molecule has 3 rings (SSSR count). The molecule has 12 heteroatoms. The Hall–Kier alpha value is -4.22. The summed E-state index contributed by atoms with van der Waals surface area (Å²) in [5.41, 5.74) is -0.675. The number of carbonyl (C=O) groups is 2. The molecule has 2 aromatic rings. The largest absolute Gasteiger partial charge is 0.506 e. The topological polar surface area (TPSA) is 169 Å². The molecule has 0 saturated carbocycles. The van der Waals surface area contributed by atoms with Crippen molar-refractivity contribution >= 4 is 40.0 Å². The van der Waals surface area contributed by atoms with Gasteiger partial charge in [-0.15, -0.1) is 10.2 Å². The molecule has 0 aromatic heterocycles. The quantitative estimate of drug-likeness (QED) is 0.393. The average molecular weight is 427 g/mol. The van der Waals surface area contributed by atoms with Gasteiger partial charge < -0.3 is 10.0 Å². The number of anilines is 1. The smallest absolute Gasteiger partial charge is 0.303 e. The summed E-state index contributed by atoms with van der Waals surface area (Å²) >= 11 is 0. The van der Waals surface area contributed by atoms with Crippen molar-refractivity contribution in [2.45, 2.75) is 19.8 Å². The molecule has 160 valence electrons. The first-order valence-corrected chi connectivity index (χ1v) is 9.16. The van der Waals surface area contributed by atoms with Crippen molar-refractivity contribution in [2.75, 3.05) is 18.0 Å². The van der Waals surface area contributed by atoms with Crippen molar-refractivity contribution in [3.05, 3.63) is 56.1 Å². The number of carbonyl (C=O) groups excluding carboxylic acids is 2. The first kappa shape index (κ1) is 21.5. The molecule has 0 unspecified atom stereocenters. The second kappa shape index (κ2) is 8.65. The number of nitro groups is 2. The molecule has 0 atom stereocenters. The summed E-state index contributed by atoms with van der Waals surface area (Å²) in [7, 11) is 0. The maximum Gasteiger partial charge on any atom is 0.303 e. The summed E-state index contributed by atoms with van der Waals surface area (Å²) in [6, 6.07) is 5.55. The number of rotatable bonds is 7. The highest BCUT2D eigenvalue weighted by Crippen LogP contribution is 2.39. The van der Waals surface area contributed by atoms with Crippen molar-refractivity contribution in [3.8, 4) is 5.75 Å². The minimum absolute atomic E-state index is 0.00205. The van der Waals surface area contributed by atoms with E-state index in [1.165, 1.54) is 19.1 Å². The van der Waals surface area contributed by atoms with E-state index in [0.29, 0.717) is 30.8 Å². The normalized spacial score (nSPS) is 13.3. The van der Waals surface area contributed by atoms with Gasteiger partial charge in [0.2, 0.25) is 0 Å². The molecule has 1 aliphatic rings. The molecule has 1 heterocycles. The van der Waals surface area contributed by atoms with Gasteiger partial charge in [0, 0.05) is 43.6 Å². The van der Waals surface area contributed by atoms with Gasteiger partial charge in [-0.25, -0.2) is 0 Å². The van der Waals surface area contributed by atoms with E-state index in [1.54, 1.807) is 0 Å². The predicted octanol–water partition coefficient (Wildman–Crippen LogP) is 4.00. The van der Waals surface area contributed by atoms with Crippen LogP contribution in [0.3, 0.4) is 0 Å². The minimum Gasteiger partial charge on any atom is -0.506 e. The lowest BCUT2D eigenvalue weighted by atomic mass is 9.99. The monoisotopic (exact) mass is 427 g/mol. The molecule has 0 amide bonds. The van der Waals surface area contributed by atoms with E-state index in [-0.39, 0.29) is 35.1 Å². The van der Waals surface area contributed by atoms with Crippen molar-refractivity contribution in [2.24, 2.45) is 10.2 Å². The molecule has 0 bridgehead atoms. The van der Waals surface area contributed by atoms with Crippen molar-refractivity contribution in [1.82, 2.24) is 0 Å². The summed E-state index contributed by atoms with van der Waals surface area (Å²) in [6.07, 6.45) is 0.514. The Morgan fingerprint density at radius 2 is 1.84 bits per heavy atom. The van der Waals surface area contributed by atoms with Crippen LogP contribution in [0.2, 0.25) is 0 Å². The molecule has 2 aromatic carbocycles. The van der Waals surface area contributed by atoms with Crippen molar-refractivity contribution in [3.63, 3.8) is 0 Å². The van der Waals surface area contributed by atoms with Gasteiger partial charge >= 0.3 is 5.69 Å². The summed E-state index contributed by atoms with van der Waals surface area (Å²) < 4.78 is 0. The second-order valence-corrected chi connectivity index (χ2v) is 6.86. The molecule has 0 aliphatic carbocycles. The third-order valence-electron chi connectivity index (χ3n) is 4.71. The van der Waals surface area contributed by atoms with Gasteiger partial charge in [-0.1, -0.05) is 0 Å². The molecule has 0 saturated heterocycles. The number of phenols is 1. The van der Waals surface area contributed by atoms with Crippen LogP contribution in [0.5, 0.6) is 5.75 Å². The van der Waals surface area contributed by atoms with Crippen LogP contribution in [0.4, 0.5) is 28.4 Å². The zero-order valence-electron chi connectivity index (χ0n) is 16.3. The number of benzene rings is 2. The Morgan fingerprint density at radius 1 is 1.13 bits per heavy atom. The van der Waals surface area contributed by atoms with Crippen molar-refractivity contribution in [1.29, 1.82) is 0 Å². The van der Waals surface area contributed by atoms with Gasteiger partial charge in [0.25, 0.3) is 5.69 Å². The number of azo groups is 1. The lowest BCUT2D eigenvalue weighted by Crippen LogP contribution is -2.33. The number of aromatic hydroxyl groups is 1. The second-order valence-electron chi connectivity index (χ2n) is 6.86. The third-order valence-corrected chi connectivity index (χ3v) is 4.71. The standard InChI is InChI=1S/C19H17N5O7/c1-11(25)4-6-22-7-5-18(26)13-9-15(19(27)10-16(13)22)21-20-14-3-2-12(23(28)29)8-17(14)24(30)31/h2-3,8-10,27H,4-7H2,1H3. The van der Waals surface area contributed by atoms with Crippen LogP contribution in [0.15, 0.2) is 40.6 Å². The lowest BCUT2D eigenvalue weighted by molar-refractivity contribution is -0.393. The Balaban J connectivity index is 1.96. The van der Waals surface area contributed by atoms with E-state index in [4.69, 9.17) is 0 Å². The van der Waals surface area contributed by atoms with E-state index in [2.05, 4.69) is 10.2 Å². The van der Waals surface area contributed by atoms with Gasteiger partial charge in [0.15, 0.2) is 11.5 Å². The zero-order chi connectivity index (χ0) is 22.7. The maximum atomic E-state index is 12.4. The zero-order valence-corrected chi connectivity index (χ0v) is 16.3. The van der Waals surface area contributed by atoms with Crippen LogP contribution in [0.1, 0.15) is 30.1 Å². The van der Waals surface area contributed by atoms with Crippen LogP contribution >= 0.6 is 0 Å². The fourth-order valence-corrected chi connectivity index (χ4v) is 3.11. The number of phenolic OH excluding ortho intramolecular Hbond substituents is 1. The molecular formula is C19H17N5O7. The molecule has 1 aliphatic heterocycles. The number of non-ortho nitro benzene ring substituents is 1. The van der Waals surface area contributed by atoms with E-state index >= 15 is 0 Å². The third kappa shape index (κ3) is 4.69. The van der Waals surface area contributed by atoms with Crippen LogP contribution < -0.4 is 4.90 Å². The SMILES string of the molecule is CC(=O)CCN1CCC(=O)c2cc(N=Nc3ccc([N+](=O)[O-])cc3[N+](=O)[O-])c(O)cc21. The van der Waals surface area contributed by atoms with Crippen molar-refractivity contribution < 1.29 is 24.5 Å². The molecule has 12 nitrogen and oxygen atoms in total. The first-order valence-electron chi connectivity index (χ1n) is 9.16. The predicted molar refractivity (Wildman–Crippen MR) is 108 cm³/mol. The average Bonchev–Trinajstić information content (AvgIpc) is 2.71. The van der Waals surface area contributed by atoms with E-state index in [9.17, 15) is 34.9 Å². The molecular weight excluding hydrogens is 410 g/mol. The minimum atomic E-state index is -0.829. The first-order chi connectivity index (χ1) is 14.7. The molecule has 31 heavy (non-hydrogen) atoms. The molecule has 1 N–H and O–H groups in total. The fraction of sp³-hybridized carbons (Fsp3) is 0.263. The van der Waals surface area contributed by atoms with Gasteiger partial charge in [-0.3, -0.25) is 29.8 Å². The molecule has 0 radical (unpaired) electrons. The number of hydrogen-bond donors (Lipinski definition) is 1. The number of fused-ring (bicyclic) bond motifs is 1. The Bertz CT molecular complexity index is 1130. The molecule has 0 fully saturated rings. The number of Topliss-reactive ketones (excluding diaryl/α,β-unsaturated/α-hetero) is 2. The highest BCUT2D eigenvalue weighted by molar-refractivity contribution is 6.04. The highest BCUT2D eigenvalue weighted by atomic mass is 16.6. The van der Waals surface area contributed by atoms with Crippen LogP contribution in [-0.2, 0) is 4.79 Å². The Kier molecular flexibility index (Phi) is 6.00. The van der Waals surface area contributed by atoms with Crippen LogP contribution in [0, 0.1) is 20.2 Å². The van der Waals surface area contributed by atoms with Crippen LogP contribution in [0.25, 0.3) is 0 Å². The van der Waals surface area contributed by atoms with E-state index in [1.807, 2.05) is 4.90 Å². The Morgan fingerprint density at radius 3 is 2.48 bits per heavy atom. The lowest BCUT2D eigenvalue weighted by Gasteiger charge is -2.30. The maximum absolute atomic E-state index is 12.4. The Labute approximate surface area is 175 Å².